The van der Waals surface area contributed by atoms with Gasteiger partial charge in [-0.1, -0.05) is 29.8 Å². The Morgan fingerprint density at radius 3 is 2.96 bits per heavy atom. The Morgan fingerprint density at radius 1 is 1.30 bits per heavy atom. The van der Waals surface area contributed by atoms with Crippen molar-refractivity contribution in [3.05, 3.63) is 62.8 Å². The Kier molecular flexibility index (Phi) is 5.88. The molecule has 2 aromatic heterocycles. The van der Waals surface area contributed by atoms with Crippen molar-refractivity contribution in [2.45, 2.75) is 25.5 Å². The fraction of sp³-hybridized carbons (Fsp3) is 0.300. The van der Waals surface area contributed by atoms with Crippen molar-refractivity contribution in [2.75, 3.05) is 13.2 Å². The lowest BCUT2D eigenvalue weighted by Crippen LogP contribution is -2.36. The first kappa shape index (κ1) is 18.6. The van der Waals surface area contributed by atoms with E-state index in [1.165, 1.54) is 11.3 Å². The van der Waals surface area contributed by atoms with Gasteiger partial charge in [0.2, 0.25) is 0 Å². The zero-order chi connectivity index (χ0) is 18.6. The average molecular weight is 419 g/mol. The van der Waals surface area contributed by atoms with Crippen molar-refractivity contribution < 1.29 is 9.53 Å². The van der Waals surface area contributed by atoms with Gasteiger partial charge in [-0.05, 0) is 36.4 Å². The zero-order valence-electron chi connectivity index (χ0n) is 14.6. The topological polar surface area (TPSA) is 42.4 Å². The summed E-state index contributed by atoms with van der Waals surface area (Å²) in [7, 11) is 0. The Morgan fingerprint density at radius 2 is 2.22 bits per heavy atom. The number of ether oxygens (including phenoxy) is 1. The number of halogens is 1. The van der Waals surface area contributed by atoms with Gasteiger partial charge in [0.05, 0.1) is 12.6 Å². The molecule has 1 fully saturated rings. The van der Waals surface area contributed by atoms with Gasteiger partial charge in [0.25, 0.3) is 5.91 Å². The molecule has 0 N–H and O–H groups in total. The molecule has 0 radical (unpaired) electrons. The highest BCUT2D eigenvalue weighted by molar-refractivity contribution is 7.13. The van der Waals surface area contributed by atoms with Crippen LogP contribution < -0.4 is 0 Å². The van der Waals surface area contributed by atoms with Crippen LogP contribution in [0, 0.1) is 0 Å². The number of thiazole rings is 1. The number of amides is 1. The maximum Gasteiger partial charge on any atom is 0.273 e. The fourth-order valence-electron chi connectivity index (χ4n) is 3.13. The Balaban J connectivity index is 1.55. The quantitative estimate of drug-likeness (QED) is 0.542. The predicted octanol–water partition coefficient (Wildman–Crippen LogP) is 5.35. The smallest absolute Gasteiger partial charge is 0.273 e. The molecule has 1 saturated heterocycles. The Bertz CT molecular complexity index is 904. The Labute approximate surface area is 171 Å². The van der Waals surface area contributed by atoms with E-state index < -0.39 is 0 Å². The van der Waals surface area contributed by atoms with Crippen LogP contribution in [0.25, 0.3) is 10.6 Å². The summed E-state index contributed by atoms with van der Waals surface area (Å²) in [4.78, 5) is 20.8. The molecule has 4 rings (SSSR count). The van der Waals surface area contributed by atoms with Gasteiger partial charge < -0.3 is 9.64 Å². The van der Waals surface area contributed by atoms with E-state index in [2.05, 4.69) is 11.1 Å². The summed E-state index contributed by atoms with van der Waals surface area (Å²) >= 11 is 9.20. The molecule has 1 aromatic carbocycles. The minimum absolute atomic E-state index is 0.0524. The fourth-order valence-corrected chi connectivity index (χ4v) is 4.83. The predicted molar refractivity (Wildman–Crippen MR) is 111 cm³/mol. The van der Waals surface area contributed by atoms with Crippen LogP contribution in [0.15, 0.2) is 47.2 Å². The van der Waals surface area contributed by atoms with Gasteiger partial charge in [0.1, 0.15) is 10.7 Å². The molecular weight excluding hydrogens is 400 g/mol. The highest BCUT2D eigenvalue weighted by atomic mass is 35.5. The van der Waals surface area contributed by atoms with E-state index in [4.69, 9.17) is 16.3 Å². The number of carbonyl (C=O) groups is 1. The van der Waals surface area contributed by atoms with Crippen molar-refractivity contribution in [1.82, 2.24) is 9.88 Å². The molecule has 0 aliphatic carbocycles. The molecule has 1 amide bonds. The van der Waals surface area contributed by atoms with Crippen LogP contribution in [-0.2, 0) is 11.3 Å². The highest BCUT2D eigenvalue weighted by Gasteiger charge is 2.25. The number of hydrogen-bond acceptors (Lipinski definition) is 5. The van der Waals surface area contributed by atoms with Crippen molar-refractivity contribution in [3.8, 4) is 10.6 Å². The number of thiophene rings is 1. The molecular formula is C20H19ClN2O2S2. The molecule has 3 aromatic rings. The van der Waals surface area contributed by atoms with E-state index in [1.54, 1.807) is 11.3 Å². The molecule has 7 heteroatoms. The molecule has 27 heavy (non-hydrogen) atoms. The van der Waals surface area contributed by atoms with Gasteiger partial charge in [0, 0.05) is 34.0 Å². The van der Waals surface area contributed by atoms with E-state index in [1.807, 2.05) is 46.0 Å². The van der Waals surface area contributed by atoms with Crippen LogP contribution in [0.2, 0.25) is 5.02 Å². The minimum Gasteiger partial charge on any atom is -0.376 e. The standard InChI is InChI=1S/C20H19ClN2O2S2/c21-15-5-1-4-14(10-15)19-22-18(13-27-19)20(24)23(11-16-6-2-8-25-16)12-17-7-3-9-26-17/h1,3-5,7,9-10,13,16H,2,6,8,11-12H2. The van der Waals surface area contributed by atoms with Crippen LogP contribution in [0.5, 0.6) is 0 Å². The summed E-state index contributed by atoms with van der Waals surface area (Å²) in [5.41, 5.74) is 1.40. The van der Waals surface area contributed by atoms with E-state index >= 15 is 0 Å². The summed E-state index contributed by atoms with van der Waals surface area (Å²) < 4.78 is 5.75. The van der Waals surface area contributed by atoms with Crippen LogP contribution in [-0.4, -0.2) is 35.0 Å². The van der Waals surface area contributed by atoms with Crippen molar-refractivity contribution >= 4 is 40.2 Å². The normalized spacial score (nSPS) is 16.6. The third kappa shape index (κ3) is 4.58. The first-order chi connectivity index (χ1) is 13.2. The van der Waals surface area contributed by atoms with Crippen LogP contribution in [0.4, 0.5) is 0 Å². The van der Waals surface area contributed by atoms with Gasteiger partial charge in [-0.15, -0.1) is 22.7 Å². The number of hydrogen-bond donors (Lipinski definition) is 0. The van der Waals surface area contributed by atoms with Gasteiger partial charge >= 0.3 is 0 Å². The van der Waals surface area contributed by atoms with Gasteiger partial charge in [-0.2, -0.15) is 0 Å². The molecule has 3 heterocycles. The summed E-state index contributed by atoms with van der Waals surface area (Å²) in [6.07, 6.45) is 2.17. The lowest BCUT2D eigenvalue weighted by molar-refractivity contribution is 0.0506. The second kappa shape index (κ2) is 8.52. The molecule has 0 bridgehead atoms. The minimum atomic E-state index is -0.0524. The van der Waals surface area contributed by atoms with E-state index in [9.17, 15) is 4.79 Å². The average Bonchev–Trinajstić information content (AvgIpc) is 3.43. The number of rotatable bonds is 6. The second-order valence-corrected chi connectivity index (χ2v) is 8.78. The summed E-state index contributed by atoms with van der Waals surface area (Å²) in [6.45, 7) is 1.96. The highest BCUT2D eigenvalue weighted by Crippen LogP contribution is 2.27. The van der Waals surface area contributed by atoms with Gasteiger partial charge in [-0.25, -0.2) is 4.98 Å². The van der Waals surface area contributed by atoms with Crippen LogP contribution in [0.1, 0.15) is 28.2 Å². The summed E-state index contributed by atoms with van der Waals surface area (Å²) in [5, 5.41) is 5.32. The van der Waals surface area contributed by atoms with Crippen molar-refractivity contribution in [2.24, 2.45) is 0 Å². The van der Waals surface area contributed by atoms with E-state index in [0.717, 1.165) is 34.9 Å². The summed E-state index contributed by atoms with van der Waals surface area (Å²) in [6, 6.07) is 11.6. The molecule has 1 aliphatic rings. The van der Waals surface area contributed by atoms with Crippen LogP contribution >= 0.6 is 34.3 Å². The monoisotopic (exact) mass is 418 g/mol. The first-order valence-corrected chi connectivity index (χ1v) is 11.0. The maximum absolute atomic E-state index is 13.2. The molecule has 140 valence electrons. The number of carbonyl (C=O) groups excluding carboxylic acids is 1. The maximum atomic E-state index is 13.2. The molecule has 1 atom stereocenters. The lowest BCUT2D eigenvalue weighted by Gasteiger charge is -2.24. The third-order valence-corrected chi connectivity index (χ3v) is 6.44. The third-order valence-electron chi connectivity index (χ3n) is 4.46. The van der Waals surface area contributed by atoms with E-state index in [0.29, 0.717) is 23.8 Å². The number of benzene rings is 1. The molecule has 4 nitrogen and oxygen atoms in total. The molecule has 0 spiro atoms. The zero-order valence-corrected chi connectivity index (χ0v) is 17.0. The van der Waals surface area contributed by atoms with Crippen LogP contribution in [0.3, 0.4) is 0 Å². The molecule has 1 unspecified atom stereocenters. The lowest BCUT2D eigenvalue weighted by atomic mass is 10.2. The largest absolute Gasteiger partial charge is 0.376 e. The molecule has 1 aliphatic heterocycles. The SMILES string of the molecule is O=C(c1csc(-c2cccc(Cl)c2)n1)N(Cc1cccs1)CC1CCCO1. The first-order valence-electron chi connectivity index (χ1n) is 8.84. The number of aromatic nitrogens is 1. The second-order valence-electron chi connectivity index (χ2n) is 6.45. The van der Waals surface area contributed by atoms with Crippen molar-refractivity contribution in [1.29, 1.82) is 0 Å². The van der Waals surface area contributed by atoms with Gasteiger partial charge in [0.15, 0.2) is 0 Å². The van der Waals surface area contributed by atoms with Crippen molar-refractivity contribution in [3.63, 3.8) is 0 Å². The van der Waals surface area contributed by atoms with E-state index in [-0.39, 0.29) is 12.0 Å². The Hall–Kier alpha value is -1.73. The molecule has 0 saturated carbocycles. The summed E-state index contributed by atoms with van der Waals surface area (Å²) in [5.74, 6) is -0.0524. The van der Waals surface area contributed by atoms with Gasteiger partial charge in [-0.3, -0.25) is 4.79 Å². The number of nitrogens with zero attached hydrogens (tertiary/aromatic N) is 2.